The minimum atomic E-state index is 0.00906. The Labute approximate surface area is 107 Å². The molecule has 4 heteroatoms. The highest BCUT2D eigenvalue weighted by Crippen LogP contribution is 2.22. The van der Waals surface area contributed by atoms with Crippen LogP contribution in [0, 0.1) is 5.92 Å². The third kappa shape index (κ3) is 2.34. The molecule has 18 heavy (non-hydrogen) atoms. The minimum Gasteiger partial charge on any atom is -0.493 e. The van der Waals surface area contributed by atoms with Gasteiger partial charge in [-0.3, -0.25) is 4.79 Å². The molecule has 0 bridgehead atoms. The van der Waals surface area contributed by atoms with Crippen molar-refractivity contribution in [3.8, 4) is 5.75 Å². The van der Waals surface area contributed by atoms with Gasteiger partial charge in [-0.05, 0) is 37.1 Å². The van der Waals surface area contributed by atoms with Crippen molar-refractivity contribution < 1.29 is 9.53 Å². The van der Waals surface area contributed by atoms with Crippen LogP contribution in [-0.4, -0.2) is 25.6 Å². The Balaban J connectivity index is 1.63. The van der Waals surface area contributed by atoms with E-state index >= 15 is 0 Å². The summed E-state index contributed by atoms with van der Waals surface area (Å²) in [6, 6.07) is 5.78. The molecule has 2 heterocycles. The highest BCUT2D eigenvalue weighted by atomic mass is 16.5. The number of hydrogen-bond donors (Lipinski definition) is 2. The molecule has 1 fully saturated rings. The van der Waals surface area contributed by atoms with Gasteiger partial charge < -0.3 is 15.4 Å². The zero-order chi connectivity index (χ0) is 12.4. The number of benzene rings is 1. The molecule has 4 nitrogen and oxygen atoms in total. The lowest BCUT2D eigenvalue weighted by Crippen LogP contribution is -2.33. The fourth-order valence-corrected chi connectivity index (χ4v) is 2.56. The summed E-state index contributed by atoms with van der Waals surface area (Å²) in [5.41, 5.74) is 1.82. The summed E-state index contributed by atoms with van der Waals surface area (Å²) in [7, 11) is 0. The van der Waals surface area contributed by atoms with Gasteiger partial charge in [0.2, 0.25) is 0 Å². The van der Waals surface area contributed by atoms with Crippen LogP contribution < -0.4 is 15.4 Å². The van der Waals surface area contributed by atoms with Crippen molar-refractivity contribution >= 4 is 5.91 Å². The Morgan fingerprint density at radius 1 is 1.39 bits per heavy atom. The molecule has 1 atom stereocenters. The van der Waals surface area contributed by atoms with E-state index < -0.39 is 0 Å². The van der Waals surface area contributed by atoms with Crippen molar-refractivity contribution in [2.24, 2.45) is 5.92 Å². The van der Waals surface area contributed by atoms with Crippen LogP contribution in [0.5, 0.6) is 5.75 Å². The first-order valence-corrected chi connectivity index (χ1v) is 6.57. The molecule has 1 saturated heterocycles. The van der Waals surface area contributed by atoms with Crippen LogP contribution in [0.3, 0.4) is 0 Å². The largest absolute Gasteiger partial charge is 0.493 e. The van der Waals surface area contributed by atoms with Gasteiger partial charge >= 0.3 is 0 Å². The summed E-state index contributed by atoms with van der Waals surface area (Å²) in [6.45, 7) is 3.52. The summed E-state index contributed by atoms with van der Waals surface area (Å²) in [5, 5.41) is 6.19. The van der Waals surface area contributed by atoms with Crippen molar-refractivity contribution in [1.29, 1.82) is 0 Å². The first-order chi connectivity index (χ1) is 8.83. The minimum absolute atomic E-state index is 0.00906. The van der Waals surface area contributed by atoms with Crippen molar-refractivity contribution in [2.45, 2.75) is 19.4 Å². The Bertz CT molecular complexity index is 453. The first kappa shape index (κ1) is 11.5. The molecule has 1 unspecified atom stereocenters. The lowest BCUT2D eigenvalue weighted by Gasteiger charge is -2.22. The molecule has 0 aliphatic carbocycles. The fourth-order valence-electron chi connectivity index (χ4n) is 2.56. The third-order valence-electron chi connectivity index (χ3n) is 3.65. The maximum absolute atomic E-state index is 11.5. The van der Waals surface area contributed by atoms with E-state index in [1.54, 1.807) is 0 Å². The molecule has 0 saturated carbocycles. The van der Waals surface area contributed by atoms with Gasteiger partial charge in [0.15, 0.2) is 0 Å². The third-order valence-corrected chi connectivity index (χ3v) is 3.65. The zero-order valence-electron chi connectivity index (χ0n) is 10.4. The molecule has 2 aliphatic rings. The number of rotatable bonds is 3. The number of hydrogen-bond acceptors (Lipinski definition) is 3. The quantitative estimate of drug-likeness (QED) is 0.845. The number of amides is 1. The average molecular weight is 246 g/mol. The lowest BCUT2D eigenvalue weighted by molar-refractivity contribution is 0.0965. The van der Waals surface area contributed by atoms with Crippen molar-refractivity contribution in [1.82, 2.24) is 10.6 Å². The van der Waals surface area contributed by atoms with E-state index in [9.17, 15) is 4.79 Å². The highest BCUT2D eigenvalue weighted by molar-refractivity contribution is 5.98. The second-order valence-corrected chi connectivity index (χ2v) is 5.03. The van der Waals surface area contributed by atoms with Gasteiger partial charge in [-0.1, -0.05) is 6.07 Å². The number of fused-ring (bicyclic) bond motifs is 1. The summed E-state index contributed by atoms with van der Waals surface area (Å²) >= 11 is 0. The van der Waals surface area contributed by atoms with Crippen molar-refractivity contribution in [3.05, 3.63) is 29.3 Å². The van der Waals surface area contributed by atoms with Gasteiger partial charge in [-0.2, -0.15) is 0 Å². The van der Waals surface area contributed by atoms with E-state index in [1.165, 1.54) is 12.8 Å². The van der Waals surface area contributed by atoms with Crippen LogP contribution in [0.15, 0.2) is 18.2 Å². The standard InChI is InChI=1S/C14H18N2O2/c17-14-13-6-12(4-3-11(13)8-16-14)18-9-10-2-1-5-15-7-10/h3-4,6,10,15H,1-2,5,7-9H2,(H,16,17). The molecule has 2 N–H and O–H groups in total. The molecular formula is C14H18N2O2. The number of carbonyl (C=O) groups is 1. The number of carbonyl (C=O) groups excluding carboxylic acids is 1. The molecule has 2 aliphatic heterocycles. The van der Waals surface area contributed by atoms with Crippen LogP contribution in [0.2, 0.25) is 0 Å². The van der Waals surface area contributed by atoms with Gasteiger partial charge in [0.25, 0.3) is 5.91 Å². The maximum atomic E-state index is 11.5. The van der Waals surface area contributed by atoms with Crippen molar-refractivity contribution in [2.75, 3.05) is 19.7 Å². The predicted octanol–water partition coefficient (Wildman–Crippen LogP) is 1.31. The average Bonchev–Trinajstić information content (AvgIpc) is 2.79. The molecule has 3 rings (SSSR count). The number of piperidine rings is 1. The monoisotopic (exact) mass is 246 g/mol. The normalized spacial score (nSPS) is 22.4. The Hall–Kier alpha value is -1.55. The molecule has 1 aromatic carbocycles. The second-order valence-electron chi connectivity index (χ2n) is 5.03. The summed E-state index contributed by atoms with van der Waals surface area (Å²) in [6.07, 6.45) is 2.44. The van der Waals surface area contributed by atoms with Crippen LogP contribution >= 0.6 is 0 Å². The van der Waals surface area contributed by atoms with Crippen molar-refractivity contribution in [3.63, 3.8) is 0 Å². The maximum Gasteiger partial charge on any atom is 0.252 e. The van der Waals surface area contributed by atoms with Gasteiger partial charge in [-0.15, -0.1) is 0 Å². The Morgan fingerprint density at radius 3 is 3.17 bits per heavy atom. The van der Waals surface area contributed by atoms with Gasteiger partial charge in [0, 0.05) is 24.6 Å². The van der Waals surface area contributed by atoms with E-state index in [0.717, 1.165) is 36.6 Å². The molecule has 96 valence electrons. The summed E-state index contributed by atoms with van der Waals surface area (Å²) in [5.74, 6) is 1.40. The fraction of sp³-hybridized carbons (Fsp3) is 0.500. The van der Waals surface area contributed by atoms with Gasteiger partial charge in [-0.25, -0.2) is 0 Å². The van der Waals surface area contributed by atoms with E-state index in [4.69, 9.17) is 4.74 Å². The van der Waals surface area contributed by atoms with Crippen LogP contribution in [0.1, 0.15) is 28.8 Å². The predicted molar refractivity (Wildman–Crippen MR) is 68.7 cm³/mol. The summed E-state index contributed by atoms with van der Waals surface area (Å²) < 4.78 is 5.80. The lowest BCUT2D eigenvalue weighted by atomic mass is 10.0. The molecule has 1 amide bonds. The number of ether oxygens (including phenoxy) is 1. The van der Waals surface area contributed by atoms with Crippen LogP contribution in [0.4, 0.5) is 0 Å². The molecule has 0 aromatic heterocycles. The van der Waals surface area contributed by atoms with E-state index in [1.807, 2.05) is 18.2 Å². The highest BCUT2D eigenvalue weighted by Gasteiger charge is 2.19. The Kier molecular flexibility index (Phi) is 3.19. The number of nitrogens with one attached hydrogen (secondary N) is 2. The molecular weight excluding hydrogens is 228 g/mol. The molecule has 0 spiro atoms. The van der Waals surface area contributed by atoms with Crippen LogP contribution in [0.25, 0.3) is 0 Å². The second kappa shape index (κ2) is 4.98. The molecule has 1 aromatic rings. The molecule has 0 radical (unpaired) electrons. The zero-order valence-corrected chi connectivity index (χ0v) is 10.4. The Morgan fingerprint density at radius 2 is 2.33 bits per heavy atom. The van der Waals surface area contributed by atoms with E-state index in [0.29, 0.717) is 12.5 Å². The van der Waals surface area contributed by atoms with E-state index in [-0.39, 0.29) is 5.91 Å². The smallest absolute Gasteiger partial charge is 0.252 e. The summed E-state index contributed by atoms with van der Waals surface area (Å²) in [4.78, 5) is 11.5. The van der Waals surface area contributed by atoms with Gasteiger partial charge in [0.1, 0.15) is 5.75 Å². The first-order valence-electron chi connectivity index (χ1n) is 6.57. The van der Waals surface area contributed by atoms with Crippen LogP contribution in [-0.2, 0) is 6.54 Å². The SMILES string of the molecule is O=C1NCc2ccc(OCC3CCCNC3)cc21. The topological polar surface area (TPSA) is 50.4 Å². The van der Waals surface area contributed by atoms with Gasteiger partial charge in [0.05, 0.1) is 6.61 Å². The van der Waals surface area contributed by atoms with E-state index in [2.05, 4.69) is 10.6 Å².